The van der Waals surface area contributed by atoms with Crippen molar-refractivity contribution in [2.24, 2.45) is 0 Å². The number of benzene rings is 1. The van der Waals surface area contributed by atoms with Gasteiger partial charge in [-0.25, -0.2) is 14.4 Å². The molecular weight excluding hydrogens is 556 g/mol. The minimum Gasteiger partial charge on any atom is -0.490 e. The molecule has 1 atom stereocenters. The minimum absolute atomic E-state index is 0.0704. The molecule has 0 unspecified atom stereocenters. The third-order valence-corrected chi connectivity index (χ3v) is 9.08. The van der Waals surface area contributed by atoms with Gasteiger partial charge in [-0.15, -0.1) is 0 Å². The van der Waals surface area contributed by atoms with E-state index in [1.54, 1.807) is 6.07 Å². The van der Waals surface area contributed by atoms with Crippen LogP contribution in [0.5, 0.6) is 5.75 Å². The van der Waals surface area contributed by atoms with Gasteiger partial charge in [-0.05, 0) is 44.6 Å². The minimum atomic E-state index is -4.47. The predicted octanol–water partition coefficient (Wildman–Crippen LogP) is 5.48. The Morgan fingerprint density at radius 3 is 2.67 bits per heavy atom. The summed E-state index contributed by atoms with van der Waals surface area (Å²) in [5, 5.41) is 11.7. The van der Waals surface area contributed by atoms with Gasteiger partial charge in [0, 0.05) is 30.6 Å². The van der Waals surface area contributed by atoms with E-state index in [4.69, 9.17) is 24.9 Å². The van der Waals surface area contributed by atoms with Gasteiger partial charge in [0.25, 0.3) is 6.02 Å². The van der Waals surface area contributed by atoms with Crippen molar-refractivity contribution in [3.05, 3.63) is 34.9 Å². The van der Waals surface area contributed by atoms with Crippen molar-refractivity contribution in [1.29, 1.82) is 5.41 Å². The second-order valence-electron chi connectivity index (χ2n) is 11.9. The lowest BCUT2D eigenvalue weighted by Gasteiger charge is -2.33. The van der Waals surface area contributed by atoms with Crippen LogP contribution < -0.4 is 15.0 Å². The molecule has 0 radical (unpaired) electrons. The smallest absolute Gasteiger partial charge is 0.408 e. The summed E-state index contributed by atoms with van der Waals surface area (Å²) in [5.41, 5.74) is 0.854. The molecule has 13 heteroatoms. The number of anilines is 3. The first kappa shape index (κ1) is 27.2. The van der Waals surface area contributed by atoms with Gasteiger partial charge in [0.05, 0.1) is 23.3 Å². The van der Waals surface area contributed by atoms with E-state index in [-0.39, 0.29) is 43.1 Å². The van der Waals surface area contributed by atoms with Crippen LogP contribution >= 0.6 is 0 Å². The van der Waals surface area contributed by atoms with Gasteiger partial charge in [0.2, 0.25) is 5.91 Å². The van der Waals surface area contributed by atoms with E-state index in [0.29, 0.717) is 60.7 Å². The number of nitrogens with zero attached hydrogens (tertiary/aromatic N) is 4. The van der Waals surface area contributed by atoms with Crippen LogP contribution in [0.25, 0.3) is 0 Å². The summed E-state index contributed by atoms with van der Waals surface area (Å²) in [6, 6.07) is 0.888. The summed E-state index contributed by atoms with van der Waals surface area (Å²) in [7, 11) is 0. The molecule has 5 aliphatic rings. The van der Waals surface area contributed by atoms with Gasteiger partial charge in [0.1, 0.15) is 17.7 Å². The first-order valence-corrected chi connectivity index (χ1v) is 14.7. The fourth-order valence-corrected chi connectivity index (χ4v) is 6.90. The normalized spacial score (nSPS) is 22.8. The zero-order valence-corrected chi connectivity index (χ0v) is 23.0. The molecule has 0 bridgehead atoms. The second-order valence-corrected chi connectivity index (χ2v) is 11.9. The number of fused-ring (bicyclic) bond motifs is 3. The maximum atomic E-state index is 15.1. The molecule has 4 heterocycles. The van der Waals surface area contributed by atoms with E-state index in [1.165, 1.54) is 11.0 Å². The number of halogens is 4. The molecular formula is C29H32F4N6O3. The first-order chi connectivity index (χ1) is 20.2. The number of nitrogens with one attached hydrogen (secondary N) is 2. The summed E-state index contributed by atoms with van der Waals surface area (Å²) < 4.78 is 66.6. The van der Waals surface area contributed by atoms with Crippen LogP contribution in [-0.2, 0) is 28.0 Å². The van der Waals surface area contributed by atoms with E-state index in [0.717, 1.165) is 37.0 Å². The predicted molar refractivity (Wildman–Crippen MR) is 144 cm³/mol. The number of hydrogen-bond donors (Lipinski definition) is 2. The maximum Gasteiger partial charge on any atom is 0.408 e. The third kappa shape index (κ3) is 4.51. The van der Waals surface area contributed by atoms with E-state index in [9.17, 15) is 18.0 Å². The quantitative estimate of drug-likeness (QED) is 0.271. The van der Waals surface area contributed by atoms with Crippen molar-refractivity contribution in [2.75, 3.05) is 23.4 Å². The maximum absolute atomic E-state index is 15.1. The molecule has 2 aliphatic carbocycles. The average Bonchev–Trinajstić information content (AvgIpc) is 3.33. The molecule has 1 spiro atoms. The Hall–Kier alpha value is -3.64. The molecule has 9 nitrogen and oxygen atoms in total. The largest absolute Gasteiger partial charge is 0.490 e. The number of aromatic nitrogens is 2. The molecule has 1 aromatic heterocycles. The molecule has 42 heavy (non-hydrogen) atoms. The van der Waals surface area contributed by atoms with E-state index in [2.05, 4.69) is 5.32 Å². The van der Waals surface area contributed by atoms with Crippen LogP contribution in [0.1, 0.15) is 74.7 Å². The number of amides is 1. The lowest BCUT2D eigenvalue weighted by Crippen LogP contribution is -2.45. The summed E-state index contributed by atoms with van der Waals surface area (Å²) in [6.45, 7) is 0.0797. The van der Waals surface area contributed by atoms with Crippen LogP contribution in [0.15, 0.2) is 12.1 Å². The Balaban J connectivity index is 1.28. The van der Waals surface area contributed by atoms with Crippen LogP contribution in [-0.4, -0.2) is 58.2 Å². The topological polar surface area (TPSA) is 104 Å². The number of hydrogen-bond acceptors (Lipinski definition) is 7. The summed E-state index contributed by atoms with van der Waals surface area (Å²) in [5.74, 6) is 0.427. The molecule has 3 fully saturated rings. The van der Waals surface area contributed by atoms with Crippen LogP contribution in [0.2, 0.25) is 0 Å². The lowest BCUT2D eigenvalue weighted by molar-refractivity contribution is -0.169. The van der Waals surface area contributed by atoms with Crippen LogP contribution in [0.4, 0.5) is 34.9 Å². The zero-order chi connectivity index (χ0) is 29.2. The number of amidine groups is 1. The molecule has 3 aliphatic heterocycles. The molecule has 2 N–H and O–H groups in total. The molecule has 7 rings (SSSR count). The monoisotopic (exact) mass is 588 g/mol. The van der Waals surface area contributed by atoms with Crippen LogP contribution in [0, 0.1) is 11.2 Å². The number of carbonyl (C=O) groups excluding carboxylic acids is 1. The number of likely N-dealkylation sites (tertiary alicyclic amines) is 1. The molecule has 1 saturated heterocycles. The molecule has 2 aromatic rings. The van der Waals surface area contributed by atoms with Gasteiger partial charge in [-0.3, -0.25) is 15.1 Å². The second kappa shape index (κ2) is 9.98. The van der Waals surface area contributed by atoms with Crippen molar-refractivity contribution in [3.8, 4) is 5.75 Å². The summed E-state index contributed by atoms with van der Waals surface area (Å²) in [6.07, 6.45) is 2.10. The molecule has 224 valence electrons. The van der Waals surface area contributed by atoms with Crippen molar-refractivity contribution in [1.82, 2.24) is 14.9 Å². The number of ether oxygens (including phenoxy) is 2. The highest BCUT2D eigenvalue weighted by Gasteiger charge is 2.55. The first-order valence-electron chi connectivity index (χ1n) is 14.7. The molecule has 1 amide bonds. The van der Waals surface area contributed by atoms with Gasteiger partial charge < -0.3 is 19.7 Å². The molecule has 1 aromatic carbocycles. The SMILES string of the molecule is N=C(OCc1nc(NC2CC2)c2c(n1)N(c1cc(F)c3c(c1)CCO3)C(=O)C21CCCCC1)N1CCC[C@@H]1C(F)(F)F. The molecule has 2 saturated carbocycles. The fourth-order valence-electron chi connectivity index (χ4n) is 6.90. The van der Waals surface area contributed by atoms with E-state index < -0.39 is 29.5 Å². The number of rotatable bonds is 5. The van der Waals surface area contributed by atoms with E-state index >= 15 is 4.39 Å². The third-order valence-electron chi connectivity index (χ3n) is 9.08. The highest BCUT2D eigenvalue weighted by atomic mass is 19.4. The van der Waals surface area contributed by atoms with Crippen molar-refractivity contribution in [2.45, 2.75) is 94.5 Å². The van der Waals surface area contributed by atoms with Crippen molar-refractivity contribution >= 4 is 29.3 Å². The lowest BCUT2D eigenvalue weighted by atomic mass is 9.70. The highest BCUT2D eigenvalue weighted by Crippen LogP contribution is 2.55. The number of alkyl halides is 3. The highest BCUT2D eigenvalue weighted by molar-refractivity contribution is 6.13. The summed E-state index contributed by atoms with van der Waals surface area (Å²) in [4.78, 5) is 26.2. The van der Waals surface area contributed by atoms with E-state index in [1.807, 2.05) is 0 Å². The Labute approximate surface area is 240 Å². The Kier molecular flexibility index (Phi) is 6.46. The van der Waals surface area contributed by atoms with Crippen molar-refractivity contribution in [3.63, 3.8) is 0 Å². The Morgan fingerprint density at radius 1 is 1.14 bits per heavy atom. The van der Waals surface area contributed by atoms with Crippen molar-refractivity contribution < 1.29 is 31.8 Å². The number of carbonyl (C=O) groups is 1. The Morgan fingerprint density at radius 2 is 1.93 bits per heavy atom. The van der Waals surface area contributed by atoms with Crippen LogP contribution in [0.3, 0.4) is 0 Å². The van der Waals surface area contributed by atoms with Gasteiger partial charge in [-0.2, -0.15) is 13.2 Å². The van der Waals surface area contributed by atoms with Gasteiger partial charge in [0.15, 0.2) is 24.0 Å². The zero-order valence-electron chi connectivity index (χ0n) is 23.0. The average molecular weight is 589 g/mol. The Bertz CT molecular complexity index is 1440. The summed E-state index contributed by atoms with van der Waals surface area (Å²) >= 11 is 0. The van der Waals surface area contributed by atoms with Gasteiger partial charge in [-0.1, -0.05) is 19.3 Å². The standard InChI is InChI=1S/C29H32F4N6O3/c30-19-14-18(13-16-8-12-41-23(16)19)39-25-22(28(26(39)40)9-2-1-3-10-28)24(35-17-6-7-17)36-21(37-25)15-42-27(34)38-11-4-5-20(38)29(31,32)33/h13-14,17,20,34H,1-12,15H2,(H,35,36,37)/t20-/m1/s1. The van der Waals surface area contributed by atoms with Gasteiger partial charge >= 0.3 is 6.18 Å². The fraction of sp³-hybridized carbons (Fsp3) is 0.586.